The Balaban J connectivity index is 1.41. The van der Waals surface area contributed by atoms with Crippen LogP contribution in [0.5, 0.6) is 0 Å². The quantitative estimate of drug-likeness (QED) is 0.601. The van der Waals surface area contributed by atoms with Crippen LogP contribution in [0.2, 0.25) is 0 Å². The number of H-pyrrole nitrogens is 1. The van der Waals surface area contributed by atoms with Crippen molar-refractivity contribution in [1.29, 1.82) is 0 Å². The molecule has 3 heterocycles. The number of aryl methyl sites for hydroxylation is 1. The van der Waals surface area contributed by atoms with E-state index in [9.17, 15) is 9.18 Å². The minimum absolute atomic E-state index is 0.233. The predicted molar refractivity (Wildman–Crippen MR) is 92.0 cm³/mol. The summed E-state index contributed by atoms with van der Waals surface area (Å²) in [6.07, 6.45) is 4.10. The van der Waals surface area contributed by atoms with Crippen LogP contribution < -0.4 is 5.32 Å². The van der Waals surface area contributed by atoms with Crippen molar-refractivity contribution in [3.63, 3.8) is 0 Å². The predicted octanol–water partition coefficient (Wildman–Crippen LogP) is 2.63. The number of imidazole rings is 2. The molecule has 0 aliphatic carbocycles. The molecule has 2 N–H and O–H groups in total. The van der Waals surface area contributed by atoms with Crippen LogP contribution >= 0.6 is 0 Å². The van der Waals surface area contributed by atoms with E-state index in [1.807, 2.05) is 29.7 Å². The number of pyridine rings is 1. The Morgan fingerprint density at radius 2 is 2.16 bits per heavy atom. The number of aromatic amines is 1. The van der Waals surface area contributed by atoms with Gasteiger partial charge in [-0.2, -0.15) is 0 Å². The SMILES string of the molecule is Cc1ccn2cc(C(=O)NCCc3nc4ccc(F)cc4[nH]3)nc2c1. The third-order valence-corrected chi connectivity index (χ3v) is 3.99. The summed E-state index contributed by atoms with van der Waals surface area (Å²) >= 11 is 0. The normalized spacial score (nSPS) is 11.3. The number of hydrogen-bond donors (Lipinski definition) is 2. The van der Waals surface area contributed by atoms with Gasteiger partial charge in [-0.05, 0) is 42.8 Å². The molecule has 4 rings (SSSR count). The van der Waals surface area contributed by atoms with Gasteiger partial charge < -0.3 is 14.7 Å². The van der Waals surface area contributed by atoms with Gasteiger partial charge in [0.1, 0.15) is 23.0 Å². The lowest BCUT2D eigenvalue weighted by molar-refractivity contribution is 0.0949. The topological polar surface area (TPSA) is 75.1 Å². The summed E-state index contributed by atoms with van der Waals surface area (Å²) in [5.74, 6) is 0.160. The number of nitrogens with zero attached hydrogens (tertiary/aromatic N) is 3. The number of aromatic nitrogens is 4. The zero-order chi connectivity index (χ0) is 17.4. The number of fused-ring (bicyclic) bond motifs is 2. The molecule has 0 aliphatic rings. The minimum atomic E-state index is -0.307. The number of hydrogen-bond acceptors (Lipinski definition) is 3. The average Bonchev–Trinajstić information content (AvgIpc) is 3.17. The first-order valence-electron chi connectivity index (χ1n) is 7.96. The maximum atomic E-state index is 13.2. The maximum Gasteiger partial charge on any atom is 0.271 e. The number of amides is 1. The van der Waals surface area contributed by atoms with E-state index in [2.05, 4.69) is 20.3 Å². The fraction of sp³-hybridized carbons (Fsp3) is 0.167. The fourth-order valence-electron chi connectivity index (χ4n) is 2.73. The first kappa shape index (κ1) is 15.3. The molecule has 25 heavy (non-hydrogen) atoms. The van der Waals surface area contributed by atoms with Crippen molar-refractivity contribution >= 4 is 22.6 Å². The Labute approximate surface area is 142 Å². The van der Waals surface area contributed by atoms with Gasteiger partial charge in [-0.3, -0.25) is 4.79 Å². The maximum absolute atomic E-state index is 13.2. The molecule has 0 spiro atoms. The number of carbonyl (C=O) groups is 1. The summed E-state index contributed by atoms with van der Waals surface area (Å²) in [6, 6.07) is 8.29. The molecule has 0 radical (unpaired) electrons. The summed E-state index contributed by atoms with van der Waals surface area (Å²) in [5.41, 5.74) is 3.56. The van der Waals surface area contributed by atoms with E-state index in [0.29, 0.717) is 35.5 Å². The van der Waals surface area contributed by atoms with Gasteiger partial charge in [0, 0.05) is 25.4 Å². The van der Waals surface area contributed by atoms with Gasteiger partial charge in [-0.25, -0.2) is 14.4 Å². The molecule has 0 atom stereocenters. The molecule has 0 unspecified atom stereocenters. The Morgan fingerprint density at radius 3 is 3.04 bits per heavy atom. The lowest BCUT2D eigenvalue weighted by Gasteiger charge is -2.00. The van der Waals surface area contributed by atoms with Gasteiger partial charge in [-0.1, -0.05) is 0 Å². The highest BCUT2D eigenvalue weighted by atomic mass is 19.1. The third kappa shape index (κ3) is 3.08. The molecule has 1 amide bonds. The highest BCUT2D eigenvalue weighted by molar-refractivity contribution is 5.92. The summed E-state index contributed by atoms with van der Waals surface area (Å²) in [5, 5.41) is 2.83. The van der Waals surface area contributed by atoms with Crippen LogP contribution in [0, 0.1) is 12.7 Å². The van der Waals surface area contributed by atoms with Crippen molar-refractivity contribution in [2.24, 2.45) is 0 Å². The lowest BCUT2D eigenvalue weighted by Crippen LogP contribution is -2.26. The fourth-order valence-corrected chi connectivity index (χ4v) is 2.73. The average molecular weight is 337 g/mol. The molecule has 0 fully saturated rings. The van der Waals surface area contributed by atoms with E-state index in [4.69, 9.17) is 0 Å². The number of rotatable bonds is 4. The molecule has 4 aromatic rings. The summed E-state index contributed by atoms with van der Waals surface area (Å²) in [4.78, 5) is 24.0. The van der Waals surface area contributed by atoms with E-state index in [0.717, 1.165) is 11.2 Å². The standard InChI is InChI=1S/C18H16FN5O/c1-11-5-7-24-10-15(23-17(24)8-11)18(25)20-6-4-16-21-13-3-2-12(19)9-14(13)22-16/h2-3,5,7-10H,4,6H2,1H3,(H,20,25)(H,21,22). The number of benzene rings is 1. The van der Waals surface area contributed by atoms with Gasteiger partial charge >= 0.3 is 0 Å². The summed E-state index contributed by atoms with van der Waals surface area (Å²) in [6.45, 7) is 2.39. The van der Waals surface area contributed by atoms with Gasteiger partial charge in [0.2, 0.25) is 0 Å². The van der Waals surface area contributed by atoms with E-state index in [1.165, 1.54) is 12.1 Å². The first-order chi connectivity index (χ1) is 12.1. The summed E-state index contributed by atoms with van der Waals surface area (Å²) < 4.78 is 15.0. The second kappa shape index (κ2) is 6.01. The van der Waals surface area contributed by atoms with Gasteiger partial charge in [0.15, 0.2) is 0 Å². The molecule has 0 bridgehead atoms. The zero-order valence-electron chi connectivity index (χ0n) is 13.6. The van der Waals surface area contributed by atoms with E-state index >= 15 is 0 Å². The van der Waals surface area contributed by atoms with Crippen molar-refractivity contribution in [2.75, 3.05) is 6.54 Å². The van der Waals surface area contributed by atoms with Crippen LogP contribution in [0.3, 0.4) is 0 Å². The van der Waals surface area contributed by atoms with Gasteiger partial charge in [-0.15, -0.1) is 0 Å². The molecule has 0 aliphatic heterocycles. The van der Waals surface area contributed by atoms with E-state index in [-0.39, 0.29) is 11.7 Å². The third-order valence-electron chi connectivity index (χ3n) is 3.99. The second-order valence-corrected chi connectivity index (χ2v) is 5.95. The van der Waals surface area contributed by atoms with Gasteiger partial charge in [0.05, 0.1) is 11.0 Å². The zero-order valence-corrected chi connectivity index (χ0v) is 13.6. The number of nitrogens with one attached hydrogen (secondary N) is 2. The monoisotopic (exact) mass is 337 g/mol. The minimum Gasteiger partial charge on any atom is -0.350 e. The molecule has 0 saturated heterocycles. The van der Waals surface area contributed by atoms with Crippen molar-refractivity contribution in [1.82, 2.24) is 24.7 Å². The Kier molecular flexibility index (Phi) is 3.68. The van der Waals surface area contributed by atoms with E-state index in [1.54, 1.807) is 12.3 Å². The van der Waals surface area contributed by atoms with Crippen molar-refractivity contribution < 1.29 is 9.18 Å². The van der Waals surface area contributed by atoms with Crippen LogP contribution in [-0.4, -0.2) is 31.8 Å². The second-order valence-electron chi connectivity index (χ2n) is 5.95. The van der Waals surface area contributed by atoms with Crippen LogP contribution in [0.15, 0.2) is 42.7 Å². The molecular weight excluding hydrogens is 321 g/mol. The van der Waals surface area contributed by atoms with Crippen LogP contribution in [0.25, 0.3) is 16.7 Å². The molecule has 7 heteroatoms. The Bertz CT molecular complexity index is 1080. The molecular formula is C18H16FN5O. The van der Waals surface area contributed by atoms with Crippen molar-refractivity contribution in [2.45, 2.75) is 13.3 Å². The molecule has 3 aromatic heterocycles. The Morgan fingerprint density at radius 1 is 1.28 bits per heavy atom. The lowest BCUT2D eigenvalue weighted by atomic mass is 10.3. The molecule has 6 nitrogen and oxygen atoms in total. The Hall–Kier alpha value is -3.22. The van der Waals surface area contributed by atoms with Crippen LogP contribution in [0.4, 0.5) is 4.39 Å². The highest BCUT2D eigenvalue weighted by Gasteiger charge is 2.11. The van der Waals surface area contributed by atoms with Crippen LogP contribution in [-0.2, 0) is 6.42 Å². The summed E-state index contributed by atoms with van der Waals surface area (Å²) in [7, 11) is 0. The number of carbonyl (C=O) groups excluding carboxylic acids is 1. The molecule has 126 valence electrons. The molecule has 0 saturated carbocycles. The van der Waals surface area contributed by atoms with Crippen molar-refractivity contribution in [3.05, 3.63) is 65.6 Å². The molecule has 1 aromatic carbocycles. The van der Waals surface area contributed by atoms with E-state index < -0.39 is 0 Å². The largest absolute Gasteiger partial charge is 0.350 e. The van der Waals surface area contributed by atoms with Crippen molar-refractivity contribution in [3.8, 4) is 0 Å². The first-order valence-corrected chi connectivity index (χ1v) is 7.96. The highest BCUT2D eigenvalue weighted by Crippen LogP contribution is 2.13. The van der Waals surface area contributed by atoms with Crippen LogP contribution in [0.1, 0.15) is 21.9 Å². The smallest absolute Gasteiger partial charge is 0.271 e. The van der Waals surface area contributed by atoms with Gasteiger partial charge in [0.25, 0.3) is 5.91 Å². The number of halogens is 1.